The fraction of sp³-hybridized carbons (Fsp3) is 0.917. The van der Waals surface area contributed by atoms with Gasteiger partial charge in [-0.15, -0.1) is 0 Å². The second-order valence-corrected chi connectivity index (χ2v) is 9.32. The molecule has 2 unspecified atom stereocenters. The number of amides is 1. The molecule has 0 aliphatic carbocycles. The fourth-order valence-corrected chi connectivity index (χ4v) is 4.35. The Bertz CT molecular complexity index is 396. The minimum absolute atomic E-state index is 0.158. The van der Waals surface area contributed by atoms with E-state index in [9.17, 15) is 13.2 Å². The molecule has 114 valence electrons. The quantitative estimate of drug-likeness (QED) is 0.657. The van der Waals surface area contributed by atoms with Crippen molar-refractivity contribution in [2.24, 2.45) is 5.73 Å². The summed E-state index contributed by atoms with van der Waals surface area (Å²) in [4.78, 5) is 11.6. The molecule has 2 atom stereocenters. The molecule has 0 saturated heterocycles. The second kappa shape index (κ2) is 7.50. The summed E-state index contributed by atoms with van der Waals surface area (Å²) in [7, 11) is -2.93. The van der Waals surface area contributed by atoms with Crippen LogP contribution in [-0.4, -0.2) is 48.9 Å². The van der Waals surface area contributed by atoms with Gasteiger partial charge in [0.1, 0.15) is 9.84 Å². The van der Waals surface area contributed by atoms with E-state index in [0.29, 0.717) is 12.2 Å². The number of thioether (sulfide) groups is 1. The van der Waals surface area contributed by atoms with E-state index >= 15 is 0 Å². The van der Waals surface area contributed by atoms with Gasteiger partial charge in [-0.2, -0.15) is 11.8 Å². The van der Waals surface area contributed by atoms with Crippen molar-refractivity contribution in [1.82, 2.24) is 5.32 Å². The molecule has 0 aromatic rings. The lowest BCUT2D eigenvalue weighted by Gasteiger charge is -2.32. The standard InChI is InChI=1S/C12H26N2O3S2/c1-9(2)14-12(4,11(13)15)8-10(3)18-6-7-19(5,16)17/h9-10,14H,6-8H2,1-5H3,(H2,13,15). The summed E-state index contributed by atoms with van der Waals surface area (Å²) in [6.07, 6.45) is 1.81. The SMILES string of the molecule is CC(C)NC(C)(CC(C)SCCS(C)(=O)=O)C(N)=O. The van der Waals surface area contributed by atoms with Gasteiger partial charge in [0.25, 0.3) is 0 Å². The molecule has 3 N–H and O–H groups in total. The molecule has 0 aliphatic rings. The zero-order chi connectivity index (χ0) is 15.3. The van der Waals surface area contributed by atoms with Crippen LogP contribution in [0, 0.1) is 0 Å². The van der Waals surface area contributed by atoms with Crippen molar-refractivity contribution in [3.05, 3.63) is 0 Å². The van der Waals surface area contributed by atoms with Gasteiger partial charge in [-0.25, -0.2) is 8.42 Å². The Kier molecular flexibility index (Phi) is 7.39. The number of carbonyl (C=O) groups is 1. The average Bonchev–Trinajstić information content (AvgIpc) is 2.12. The van der Waals surface area contributed by atoms with Crippen molar-refractivity contribution in [3.8, 4) is 0 Å². The maximum absolute atomic E-state index is 11.6. The first-order valence-corrected chi connectivity index (χ1v) is 9.44. The van der Waals surface area contributed by atoms with Gasteiger partial charge in [-0.05, 0) is 27.2 Å². The molecule has 19 heavy (non-hydrogen) atoms. The summed E-state index contributed by atoms with van der Waals surface area (Å²) in [6.45, 7) is 7.70. The molecular formula is C12H26N2O3S2. The smallest absolute Gasteiger partial charge is 0.237 e. The highest BCUT2D eigenvalue weighted by molar-refractivity contribution is 8.01. The average molecular weight is 310 g/mol. The highest BCUT2D eigenvalue weighted by Crippen LogP contribution is 2.22. The molecule has 0 bridgehead atoms. The first-order chi connectivity index (χ1) is 8.46. The molecule has 7 heteroatoms. The number of nitrogens with two attached hydrogens (primary N) is 1. The summed E-state index contributed by atoms with van der Waals surface area (Å²) < 4.78 is 22.1. The third kappa shape index (κ3) is 8.49. The van der Waals surface area contributed by atoms with Crippen LogP contribution < -0.4 is 11.1 Å². The number of rotatable bonds is 9. The Morgan fingerprint density at radius 2 is 1.89 bits per heavy atom. The predicted molar refractivity (Wildman–Crippen MR) is 82.1 cm³/mol. The molecular weight excluding hydrogens is 284 g/mol. The van der Waals surface area contributed by atoms with Crippen molar-refractivity contribution in [2.45, 2.75) is 50.9 Å². The molecule has 0 saturated carbocycles. The van der Waals surface area contributed by atoms with Crippen molar-refractivity contribution in [3.63, 3.8) is 0 Å². The highest BCUT2D eigenvalue weighted by atomic mass is 32.2. The topological polar surface area (TPSA) is 89.3 Å². The summed E-state index contributed by atoms with van der Waals surface area (Å²) in [6, 6.07) is 0.158. The summed E-state index contributed by atoms with van der Waals surface area (Å²) in [5, 5.41) is 3.34. The summed E-state index contributed by atoms with van der Waals surface area (Å²) >= 11 is 1.55. The monoisotopic (exact) mass is 310 g/mol. The van der Waals surface area contributed by atoms with Crippen LogP contribution in [0.15, 0.2) is 0 Å². The molecule has 0 rings (SSSR count). The molecule has 0 radical (unpaired) electrons. The minimum Gasteiger partial charge on any atom is -0.368 e. The number of carbonyl (C=O) groups excluding carboxylic acids is 1. The molecule has 0 aromatic heterocycles. The maximum Gasteiger partial charge on any atom is 0.237 e. The van der Waals surface area contributed by atoms with E-state index < -0.39 is 15.4 Å². The Morgan fingerprint density at radius 1 is 1.37 bits per heavy atom. The van der Waals surface area contributed by atoms with Crippen molar-refractivity contribution in [2.75, 3.05) is 17.8 Å². The largest absolute Gasteiger partial charge is 0.368 e. The van der Waals surface area contributed by atoms with Crippen LogP contribution in [0.4, 0.5) is 0 Å². The number of hydrogen-bond donors (Lipinski definition) is 2. The summed E-state index contributed by atoms with van der Waals surface area (Å²) in [5.74, 6) is 0.320. The van der Waals surface area contributed by atoms with Crippen LogP contribution in [0.25, 0.3) is 0 Å². The fourth-order valence-electron chi connectivity index (χ4n) is 1.90. The van der Waals surface area contributed by atoms with Crippen molar-refractivity contribution < 1.29 is 13.2 Å². The van der Waals surface area contributed by atoms with Crippen LogP contribution in [0.2, 0.25) is 0 Å². The van der Waals surface area contributed by atoms with Gasteiger partial charge in [0.2, 0.25) is 5.91 Å². The molecule has 0 aliphatic heterocycles. The number of hydrogen-bond acceptors (Lipinski definition) is 5. The van der Waals surface area contributed by atoms with Crippen LogP contribution in [0.5, 0.6) is 0 Å². The van der Waals surface area contributed by atoms with E-state index in [0.717, 1.165) is 0 Å². The van der Waals surface area contributed by atoms with Crippen LogP contribution in [0.1, 0.15) is 34.1 Å². The molecule has 5 nitrogen and oxygen atoms in total. The van der Waals surface area contributed by atoms with E-state index in [1.54, 1.807) is 18.7 Å². The van der Waals surface area contributed by atoms with E-state index in [-0.39, 0.29) is 23.0 Å². The first kappa shape index (κ1) is 18.7. The van der Waals surface area contributed by atoms with Crippen LogP contribution in [-0.2, 0) is 14.6 Å². The minimum atomic E-state index is -2.93. The molecule has 0 aromatic carbocycles. The predicted octanol–water partition coefficient (Wildman–Crippen LogP) is 0.785. The van der Waals surface area contributed by atoms with Gasteiger partial charge in [-0.1, -0.05) is 6.92 Å². The van der Waals surface area contributed by atoms with Crippen LogP contribution in [0.3, 0.4) is 0 Å². The third-order valence-corrected chi connectivity index (χ3v) is 5.08. The number of primary amides is 1. The van der Waals surface area contributed by atoms with Gasteiger partial charge < -0.3 is 11.1 Å². The van der Waals surface area contributed by atoms with Gasteiger partial charge in [0.05, 0.1) is 11.3 Å². The lowest BCUT2D eigenvalue weighted by atomic mass is 9.94. The van der Waals surface area contributed by atoms with Gasteiger partial charge in [-0.3, -0.25) is 4.79 Å². The van der Waals surface area contributed by atoms with Crippen molar-refractivity contribution in [1.29, 1.82) is 0 Å². The molecule has 0 fully saturated rings. The normalized spacial score (nSPS) is 17.2. The second-order valence-electron chi connectivity index (χ2n) is 5.51. The zero-order valence-corrected chi connectivity index (χ0v) is 14.0. The Labute approximate surface area is 121 Å². The van der Waals surface area contributed by atoms with Crippen LogP contribution >= 0.6 is 11.8 Å². The molecule has 0 spiro atoms. The van der Waals surface area contributed by atoms with Crippen molar-refractivity contribution >= 4 is 27.5 Å². The number of nitrogens with one attached hydrogen (secondary N) is 1. The zero-order valence-electron chi connectivity index (χ0n) is 12.4. The first-order valence-electron chi connectivity index (χ1n) is 6.33. The maximum atomic E-state index is 11.6. The van der Waals surface area contributed by atoms with Gasteiger partial charge >= 0.3 is 0 Å². The molecule has 0 heterocycles. The molecule has 1 amide bonds. The Balaban J connectivity index is 4.40. The lowest BCUT2D eigenvalue weighted by Crippen LogP contribution is -2.56. The highest BCUT2D eigenvalue weighted by Gasteiger charge is 2.33. The summed E-state index contributed by atoms with van der Waals surface area (Å²) in [5.41, 5.74) is 4.70. The van der Waals surface area contributed by atoms with E-state index in [1.165, 1.54) is 6.26 Å². The Morgan fingerprint density at radius 3 is 2.26 bits per heavy atom. The van der Waals surface area contributed by atoms with E-state index in [1.807, 2.05) is 20.8 Å². The van der Waals surface area contributed by atoms with Gasteiger partial charge in [0, 0.05) is 23.3 Å². The lowest BCUT2D eigenvalue weighted by molar-refractivity contribution is -0.124. The van der Waals surface area contributed by atoms with E-state index in [2.05, 4.69) is 5.32 Å². The number of sulfone groups is 1. The van der Waals surface area contributed by atoms with E-state index in [4.69, 9.17) is 5.73 Å². The Hall–Kier alpha value is -0.270. The third-order valence-electron chi connectivity index (χ3n) is 2.70. The van der Waals surface area contributed by atoms with Gasteiger partial charge in [0.15, 0.2) is 0 Å².